The number of nitrogens with zero attached hydrogens (tertiary/aromatic N) is 1. The number of carbonyl (C=O) groups is 1. The molecular weight excluding hydrogens is 208 g/mol. The van der Waals surface area contributed by atoms with Crippen LogP contribution < -0.4 is 14.8 Å². The maximum absolute atomic E-state index is 10.7. The van der Waals surface area contributed by atoms with E-state index in [1.54, 1.807) is 12.1 Å². The van der Waals surface area contributed by atoms with E-state index >= 15 is 0 Å². The Morgan fingerprint density at radius 3 is 2.81 bits per heavy atom. The Labute approximate surface area is 94.8 Å². The predicted molar refractivity (Wildman–Crippen MR) is 59.8 cm³/mol. The molecule has 0 unspecified atom stereocenters. The van der Waals surface area contributed by atoms with Gasteiger partial charge in [-0.3, -0.25) is 4.79 Å². The molecule has 16 heavy (non-hydrogen) atoms. The number of nitrogens with one attached hydrogen (secondary N) is 1. The van der Waals surface area contributed by atoms with Crippen molar-refractivity contribution in [1.29, 1.82) is 0 Å². The van der Waals surface area contributed by atoms with Crippen molar-refractivity contribution in [3.8, 4) is 11.6 Å². The zero-order valence-electron chi connectivity index (χ0n) is 9.53. The second-order valence-corrected chi connectivity index (χ2v) is 3.27. The zero-order chi connectivity index (χ0) is 11.8. The summed E-state index contributed by atoms with van der Waals surface area (Å²) in [5.74, 6) is 1.09. The predicted octanol–water partition coefficient (Wildman–Crippen LogP) is 0.648. The van der Waals surface area contributed by atoms with Crippen LogP contribution in [0.4, 0.5) is 0 Å². The van der Waals surface area contributed by atoms with E-state index in [0.717, 1.165) is 6.54 Å². The smallest absolute Gasteiger partial charge is 0.213 e. The molecule has 0 saturated carbocycles. The molecule has 5 heteroatoms. The van der Waals surface area contributed by atoms with Gasteiger partial charge in [-0.1, -0.05) is 0 Å². The number of hydrogen-bond acceptors (Lipinski definition) is 5. The van der Waals surface area contributed by atoms with Crippen molar-refractivity contribution < 1.29 is 14.3 Å². The molecule has 0 aliphatic heterocycles. The lowest BCUT2D eigenvalue weighted by Gasteiger charge is -2.06. The third-order valence-electron chi connectivity index (χ3n) is 1.75. The highest BCUT2D eigenvalue weighted by Crippen LogP contribution is 2.13. The Hall–Kier alpha value is -1.62. The Kier molecular flexibility index (Phi) is 5.28. The van der Waals surface area contributed by atoms with E-state index in [4.69, 9.17) is 9.47 Å². The lowest BCUT2D eigenvalue weighted by Crippen LogP contribution is -2.16. The molecule has 1 N–H and O–H groups in total. The Bertz CT molecular complexity index is 325. The molecule has 5 nitrogen and oxygen atoms in total. The second kappa shape index (κ2) is 6.79. The number of Topliss-reactive ketones (excluding diaryl/α,β-unsaturated/α-hetero) is 1. The molecule has 0 radical (unpaired) electrons. The Morgan fingerprint density at radius 2 is 2.25 bits per heavy atom. The van der Waals surface area contributed by atoms with Gasteiger partial charge in [0.2, 0.25) is 5.88 Å². The number of aromatic nitrogens is 1. The van der Waals surface area contributed by atoms with Crippen LogP contribution in [0.25, 0.3) is 0 Å². The van der Waals surface area contributed by atoms with Crippen molar-refractivity contribution in [3.05, 3.63) is 18.3 Å². The van der Waals surface area contributed by atoms with E-state index in [1.165, 1.54) is 13.1 Å². The third-order valence-corrected chi connectivity index (χ3v) is 1.75. The molecule has 0 aliphatic carbocycles. The van der Waals surface area contributed by atoms with E-state index < -0.39 is 0 Å². The summed E-state index contributed by atoms with van der Waals surface area (Å²) >= 11 is 0. The van der Waals surface area contributed by atoms with Gasteiger partial charge < -0.3 is 14.8 Å². The summed E-state index contributed by atoms with van der Waals surface area (Å²) in [6.45, 7) is 2.88. The molecule has 0 saturated heterocycles. The van der Waals surface area contributed by atoms with Crippen molar-refractivity contribution in [1.82, 2.24) is 10.3 Å². The van der Waals surface area contributed by atoms with E-state index in [1.807, 2.05) is 7.05 Å². The molecule has 0 spiro atoms. The number of rotatable bonds is 7. The van der Waals surface area contributed by atoms with Crippen LogP contribution in [0.2, 0.25) is 0 Å². The van der Waals surface area contributed by atoms with Crippen LogP contribution in [-0.4, -0.2) is 37.6 Å². The number of hydrogen-bond donors (Lipinski definition) is 1. The van der Waals surface area contributed by atoms with Gasteiger partial charge in [0.1, 0.15) is 19.0 Å². The van der Waals surface area contributed by atoms with Crippen LogP contribution >= 0.6 is 0 Å². The van der Waals surface area contributed by atoms with Crippen LogP contribution in [0.3, 0.4) is 0 Å². The van der Waals surface area contributed by atoms with Crippen LogP contribution in [-0.2, 0) is 4.79 Å². The first-order valence-corrected chi connectivity index (χ1v) is 5.08. The minimum atomic E-state index is -0.0191. The summed E-state index contributed by atoms with van der Waals surface area (Å²) in [7, 11) is 1.86. The van der Waals surface area contributed by atoms with Crippen molar-refractivity contribution in [2.75, 3.05) is 26.8 Å². The maximum atomic E-state index is 10.7. The second-order valence-electron chi connectivity index (χ2n) is 3.27. The van der Waals surface area contributed by atoms with Crippen LogP contribution in [0.5, 0.6) is 11.6 Å². The van der Waals surface area contributed by atoms with Crippen LogP contribution in [0, 0.1) is 0 Å². The van der Waals surface area contributed by atoms with Gasteiger partial charge in [0.25, 0.3) is 0 Å². The van der Waals surface area contributed by atoms with Gasteiger partial charge >= 0.3 is 0 Å². The first-order valence-electron chi connectivity index (χ1n) is 5.08. The molecular formula is C11H16N2O3. The number of ketones is 1. The van der Waals surface area contributed by atoms with Crippen molar-refractivity contribution >= 4 is 5.78 Å². The fourth-order valence-electron chi connectivity index (χ4n) is 0.980. The highest BCUT2D eigenvalue weighted by molar-refractivity contribution is 5.77. The number of likely N-dealkylation sites (N-methyl/N-ethyl adjacent to an activating group) is 1. The standard InChI is InChI=1S/C11H16N2O3/c1-9(14)8-16-10-3-4-11(13-7-10)15-6-5-12-2/h3-4,7,12H,5-6,8H2,1-2H3. The topological polar surface area (TPSA) is 60.5 Å². The lowest BCUT2D eigenvalue weighted by atomic mass is 10.4. The molecule has 0 aromatic carbocycles. The number of carbonyl (C=O) groups excluding carboxylic acids is 1. The average molecular weight is 224 g/mol. The van der Waals surface area contributed by atoms with Gasteiger partial charge in [-0.2, -0.15) is 0 Å². The van der Waals surface area contributed by atoms with Gasteiger partial charge in [0.05, 0.1) is 6.20 Å². The van der Waals surface area contributed by atoms with Gasteiger partial charge in [0, 0.05) is 12.6 Å². The fourth-order valence-corrected chi connectivity index (χ4v) is 0.980. The van der Waals surface area contributed by atoms with E-state index in [2.05, 4.69) is 10.3 Å². The van der Waals surface area contributed by atoms with Crippen molar-refractivity contribution in [2.24, 2.45) is 0 Å². The minimum Gasteiger partial charge on any atom is -0.484 e. The summed E-state index contributed by atoms with van der Waals surface area (Å²) in [6.07, 6.45) is 1.54. The minimum absolute atomic E-state index is 0.0191. The molecule has 1 heterocycles. The summed E-state index contributed by atoms with van der Waals surface area (Å²) in [6, 6.07) is 3.44. The molecule has 0 fully saturated rings. The molecule has 0 bridgehead atoms. The molecule has 1 aromatic rings. The molecule has 0 amide bonds. The van der Waals surface area contributed by atoms with Crippen LogP contribution in [0.1, 0.15) is 6.92 Å². The highest BCUT2D eigenvalue weighted by Gasteiger charge is 1.99. The van der Waals surface area contributed by atoms with Gasteiger partial charge in [-0.05, 0) is 20.0 Å². The summed E-state index contributed by atoms with van der Waals surface area (Å²) in [5, 5.41) is 2.97. The van der Waals surface area contributed by atoms with E-state index in [0.29, 0.717) is 18.2 Å². The maximum Gasteiger partial charge on any atom is 0.213 e. The SMILES string of the molecule is CNCCOc1ccc(OCC(C)=O)cn1. The van der Waals surface area contributed by atoms with Gasteiger partial charge in [0.15, 0.2) is 5.78 Å². The van der Waals surface area contributed by atoms with Gasteiger partial charge in [-0.15, -0.1) is 0 Å². The van der Waals surface area contributed by atoms with Crippen molar-refractivity contribution in [2.45, 2.75) is 6.92 Å². The lowest BCUT2D eigenvalue weighted by molar-refractivity contribution is -0.118. The fraction of sp³-hybridized carbons (Fsp3) is 0.455. The largest absolute Gasteiger partial charge is 0.484 e. The Balaban J connectivity index is 2.38. The summed E-state index contributed by atoms with van der Waals surface area (Å²) in [5.41, 5.74) is 0. The zero-order valence-corrected chi connectivity index (χ0v) is 9.53. The number of ether oxygens (including phenoxy) is 2. The van der Waals surface area contributed by atoms with Crippen LogP contribution in [0.15, 0.2) is 18.3 Å². The van der Waals surface area contributed by atoms with E-state index in [-0.39, 0.29) is 12.4 Å². The third kappa shape index (κ3) is 4.75. The molecule has 0 aliphatic rings. The highest BCUT2D eigenvalue weighted by atomic mass is 16.5. The number of pyridine rings is 1. The summed E-state index contributed by atoms with van der Waals surface area (Å²) in [4.78, 5) is 14.7. The molecule has 0 atom stereocenters. The molecule has 88 valence electrons. The van der Waals surface area contributed by atoms with Crippen molar-refractivity contribution in [3.63, 3.8) is 0 Å². The molecule has 1 rings (SSSR count). The monoisotopic (exact) mass is 224 g/mol. The first-order chi connectivity index (χ1) is 7.72. The quantitative estimate of drug-likeness (QED) is 0.689. The Morgan fingerprint density at radius 1 is 1.44 bits per heavy atom. The summed E-state index contributed by atoms with van der Waals surface area (Å²) < 4.78 is 10.5. The van der Waals surface area contributed by atoms with E-state index in [9.17, 15) is 4.79 Å². The van der Waals surface area contributed by atoms with Gasteiger partial charge in [-0.25, -0.2) is 4.98 Å². The normalized spacial score (nSPS) is 9.88. The molecule has 1 aromatic heterocycles. The first kappa shape index (κ1) is 12.4. The average Bonchev–Trinajstić information content (AvgIpc) is 2.28.